The molecule has 5 heteroatoms. The third kappa shape index (κ3) is 3.81. The van der Waals surface area contributed by atoms with E-state index >= 15 is 0 Å². The Morgan fingerprint density at radius 2 is 1.95 bits per heavy atom. The fourth-order valence-corrected chi connectivity index (χ4v) is 3.02. The van der Waals surface area contributed by atoms with E-state index in [4.69, 9.17) is 4.74 Å². The highest BCUT2D eigenvalue weighted by atomic mass is 19.1. The summed E-state index contributed by atoms with van der Waals surface area (Å²) in [6.07, 6.45) is 1.21. The number of rotatable bonds is 1. The maximum absolute atomic E-state index is 13.7. The summed E-state index contributed by atoms with van der Waals surface area (Å²) in [6, 6.07) is 0.00644. The van der Waals surface area contributed by atoms with Crippen molar-refractivity contribution in [3.05, 3.63) is 0 Å². The minimum Gasteiger partial charge on any atom is -0.444 e. The average molecular weight is 272 g/mol. The Morgan fingerprint density at radius 1 is 1.32 bits per heavy atom. The summed E-state index contributed by atoms with van der Waals surface area (Å²) in [6.45, 7) is 7.62. The highest BCUT2D eigenvalue weighted by molar-refractivity contribution is 5.69. The van der Waals surface area contributed by atoms with Crippen LogP contribution in [0, 0.1) is 5.92 Å². The summed E-state index contributed by atoms with van der Waals surface area (Å²) < 4.78 is 19.1. The molecule has 0 aromatic carbocycles. The smallest absolute Gasteiger partial charge is 0.410 e. The zero-order chi connectivity index (χ0) is 14.0. The Morgan fingerprint density at radius 3 is 2.53 bits per heavy atom. The number of hydrogen-bond donors (Lipinski definition) is 1. The zero-order valence-electron chi connectivity index (χ0n) is 12.1. The van der Waals surface area contributed by atoms with E-state index in [2.05, 4.69) is 5.32 Å². The molecule has 0 unspecified atom stereocenters. The number of carbonyl (C=O) groups is 1. The van der Waals surface area contributed by atoms with E-state index in [1.54, 1.807) is 4.90 Å². The number of likely N-dealkylation sites (tertiary alicyclic amines) is 1. The van der Waals surface area contributed by atoms with Gasteiger partial charge in [0.2, 0.25) is 0 Å². The van der Waals surface area contributed by atoms with Crippen LogP contribution >= 0.6 is 0 Å². The van der Waals surface area contributed by atoms with Gasteiger partial charge < -0.3 is 15.0 Å². The van der Waals surface area contributed by atoms with Gasteiger partial charge in [-0.15, -0.1) is 0 Å². The molecular formula is C14H25FN2O2. The molecule has 1 amide bonds. The van der Waals surface area contributed by atoms with Crippen LogP contribution in [0.1, 0.15) is 40.0 Å². The molecule has 1 N–H and O–H groups in total. The Kier molecular flexibility index (Phi) is 4.33. The largest absolute Gasteiger partial charge is 0.444 e. The molecule has 2 heterocycles. The Bertz CT molecular complexity index is 324. The number of nitrogens with zero attached hydrogens (tertiary/aromatic N) is 1. The van der Waals surface area contributed by atoms with Crippen molar-refractivity contribution >= 4 is 6.09 Å². The van der Waals surface area contributed by atoms with Crippen LogP contribution < -0.4 is 5.32 Å². The first-order chi connectivity index (χ1) is 8.87. The number of ether oxygens (including phenoxy) is 1. The molecule has 19 heavy (non-hydrogen) atoms. The lowest BCUT2D eigenvalue weighted by atomic mass is 9.88. The normalized spacial score (nSPS) is 29.6. The summed E-state index contributed by atoms with van der Waals surface area (Å²) in [5.41, 5.74) is -0.524. The van der Waals surface area contributed by atoms with Crippen molar-refractivity contribution in [3.63, 3.8) is 0 Å². The first-order valence-electron chi connectivity index (χ1n) is 7.21. The molecule has 2 aliphatic heterocycles. The molecule has 0 radical (unpaired) electrons. The molecule has 2 fully saturated rings. The van der Waals surface area contributed by atoms with Gasteiger partial charge in [-0.3, -0.25) is 0 Å². The summed E-state index contributed by atoms with van der Waals surface area (Å²) in [5, 5.41) is 3.30. The van der Waals surface area contributed by atoms with E-state index in [0.717, 1.165) is 25.9 Å². The molecule has 0 spiro atoms. The minimum absolute atomic E-state index is 0.00644. The zero-order valence-corrected chi connectivity index (χ0v) is 12.1. The number of carbonyl (C=O) groups excluding carboxylic acids is 1. The molecule has 0 aromatic heterocycles. The standard InChI is InChI=1S/C14H25FN2O2/c1-14(2,3)19-13(18)17-9-11(15)8-12(17)10-4-6-16-7-5-10/h10-12,16H,4-9H2,1-3H3/t11-,12+/m1/s1. The molecule has 2 aliphatic rings. The molecule has 2 atom stereocenters. The molecule has 2 saturated heterocycles. The van der Waals surface area contributed by atoms with Gasteiger partial charge in [0.1, 0.15) is 11.8 Å². The van der Waals surface area contributed by atoms with Gasteiger partial charge in [-0.1, -0.05) is 0 Å². The van der Waals surface area contributed by atoms with Gasteiger partial charge in [-0.05, 0) is 52.6 Å². The van der Waals surface area contributed by atoms with Crippen LogP contribution in [0.5, 0.6) is 0 Å². The molecule has 0 aromatic rings. The van der Waals surface area contributed by atoms with Gasteiger partial charge in [0.25, 0.3) is 0 Å². The number of hydrogen-bond acceptors (Lipinski definition) is 3. The van der Waals surface area contributed by atoms with Crippen molar-refractivity contribution in [2.24, 2.45) is 5.92 Å². The average Bonchev–Trinajstić information content (AvgIpc) is 2.70. The van der Waals surface area contributed by atoms with Crippen molar-refractivity contribution in [1.29, 1.82) is 0 Å². The number of halogens is 1. The summed E-state index contributed by atoms with van der Waals surface area (Å²) >= 11 is 0. The fourth-order valence-electron chi connectivity index (χ4n) is 3.02. The Hall–Kier alpha value is -0.840. The molecule has 0 bridgehead atoms. The highest BCUT2D eigenvalue weighted by Crippen LogP contribution is 2.32. The lowest BCUT2D eigenvalue weighted by Crippen LogP contribution is -2.45. The van der Waals surface area contributed by atoms with Gasteiger partial charge in [0, 0.05) is 12.5 Å². The number of nitrogens with one attached hydrogen (secondary N) is 1. The van der Waals surface area contributed by atoms with Crippen LogP contribution in [0.25, 0.3) is 0 Å². The van der Waals surface area contributed by atoms with E-state index in [-0.39, 0.29) is 18.7 Å². The van der Waals surface area contributed by atoms with Gasteiger partial charge in [0.15, 0.2) is 0 Å². The molecule has 110 valence electrons. The van der Waals surface area contributed by atoms with Crippen molar-refractivity contribution in [3.8, 4) is 0 Å². The van der Waals surface area contributed by atoms with Gasteiger partial charge >= 0.3 is 6.09 Å². The Balaban J connectivity index is 2.02. The number of amides is 1. The highest BCUT2D eigenvalue weighted by Gasteiger charge is 2.41. The lowest BCUT2D eigenvalue weighted by molar-refractivity contribution is 0.0155. The van der Waals surface area contributed by atoms with Crippen LogP contribution in [0.3, 0.4) is 0 Å². The van der Waals surface area contributed by atoms with Crippen LogP contribution in [0.15, 0.2) is 0 Å². The monoisotopic (exact) mass is 272 g/mol. The van der Waals surface area contributed by atoms with Crippen molar-refractivity contribution in [2.45, 2.75) is 57.8 Å². The van der Waals surface area contributed by atoms with Crippen LogP contribution in [0.4, 0.5) is 9.18 Å². The topological polar surface area (TPSA) is 41.6 Å². The van der Waals surface area contributed by atoms with Crippen molar-refractivity contribution < 1.29 is 13.9 Å². The minimum atomic E-state index is -0.910. The van der Waals surface area contributed by atoms with Crippen LogP contribution in [-0.2, 0) is 4.74 Å². The molecule has 4 nitrogen and oxygen atoms in total. The summed E-state index contributed by atoms with van der Waals surface area (Å²) in [7, 11) is 0. The van der Waals surface area contributed by atoms with E-state index in [0.29, 0.717) is 12.3 Å². The molecule has 0 saturated carbocycles. The Labute approximate surface area is 114 Å². The maximum Gasteiger partial charge on any atom is 0.410 e. The van der Waals surface area contributed by atoms with E-state index < -0.39 is 11.8 Å². The summed E-state index contributed by atoms with van der Waals surface area (Å²) in [4.78, 5) is 13.8. The van der Waals surface area contributed by atoms with Gasteiger partial charge in [0.05, 0.1) is 6.54 Å². The SMILES string of the molecule is CC(C)(C)OC(=O)N1C[C@H](F)C[C@H]1C1CCNCC1. The lowest BCUT2D eigenvalue weighted by Gasteiger charge is -2.34. The predicted octanol–water partition coefficient (Wildman–Crippen LogP) is 2.33. The third-order valence-electron chi connectivity index (χ3n) is 3.85. The second kappa shape index (κ2) is 5.65. The molecule has 0 aliphatic carbocycles. The third-order valence-corrected chi connectivity index (χ3v) is 3.85. The van der Waals surface area contributed by atoms with E-state index in [9.17, 15) is 9.18 Å². The molecule has 2 rings (SSSR count). The number of piperidine rings is 1. The summed E-state index contributed by atoms with van der Waals surface area (Å²) in [5.74, 6) is 0.398. The van der Waals surface area contributed by atoms with Crippen LogP contribution in [-0.4, -0.2) is 48.4 Å². The first kappa shape index (κ1) is 14.6. The second-order valence-electron chi connectivity index (χ2n) is 6.62. The van der Waals surface area contributed by atoms with Crippen molar-refractivity contribution in [1.82, 2.24) is 10.2 Å². The maximum atomic E-state index is 13.7. The number of alkyl halides is 1. The fraction of sp³-hybridized carbons (Fsp3) is 0.929. The van der Waals surface area contributed by atoms with Gasteiger partial charge in [-0.2, -0.15) is 0 Å². The van der Waals surface area contributed by atoms with Gasteiger partial charge in [-0.25, -0.2) is 9.18 Å². The predicted molar refractivity (Wildman–Crippen MR) is 71.8 cm³/mol. The van der Waals surface area contributed by atoms with E-state index in [1.807, 2.05) is 20.8 Å². The van der Waals surface area contributed by atoms with E-state index in [1.165, 1.54) is 0 Å². The first-order valence-corrected chi connectivity index (χ1v) is 7.21. The molecular weight excluding hydrogens is 247 g/mol. The van der Waals surface area contributed by atoms with Crippen molar-refractivity contribution in [2.75, 3.05) is 19.6 Å². The van der Waals surface area contributed by atoms with Crippen LogP contribution in [0.2, 0.25) is 0 Å². The second-order valence-corrected chi connectivity index (χ2v) is 6.62. The quantitative estimate of drug-likeness (QED) is 0.796.